The molecule has 1 amide bonds. The number of ether oxygens (including phenoxy) is 1. The molecule has 2 heterocycles. The minimum atomic E-state index is -0.0537. The molecule has 6 nitrogen and oxygen atoms in total. The lowest BCUT2D eigenvalue weighted by Gasteiger charge is -2.09. The largest absolute Gasteiger partial charge is 0.381 e. The molecule has 0 aliphatic carbocycles. The van der Waals surface area contributed by atoms with Gasteiger partial charge < -0.3 is 10.1 Å². The highest BCUT2D eigenvalue weighted by Gasteiger charge is 2.16. The molecule has 1 unspecified atom stereocenters. The Morgan fingerprint density at radius 1 is 1.40 bits per heavy atom. The minimum Gasteiger partial charge on any atom is -0.381 e. The maximum Gasteiger partial charge on any atom is 0.251 e. The van der Waals surface area contributed by atoms with Gasteiger partial charge in [0.1, 0.15) is 12.7 Å². The molecule has 1 aromatic carbocycles. The summed E-state index contributed by atoms with van der Waals surface area (Å²) < 4.78 is 6.94. The van der Waals surface area contributed by atoms with Crippen LogP contribution < -0.4 is 5.32 Å². The summed E-state index contributed by atoms with van der Waals surface area (Å²) in [5, 5.41) is 6.98. The van der Waals surface area contributed by atoms with Gasteiger partial charge in [0.2, 0.25) is 0 Å². The lowest BCUT2D eigenvalue weighted by atomic mass is 10.1. The van der Waals surface area contributed by atoms with Crippen LogP contribution >= 0.6 is 0 Å². The van der Waals surface area contributed by atoms with Gasteiger partial charge in [0, 0.05) is 24.6 Å². The molecular weight excluding hydrogens is 256 g/mol. The maximum atomic E-state index is 12.0. The zero-order chi connectivity index (χ0) is 13.8. The third-order valence-corrected chi connectivity index (χ3v) is 3.39. The Balaban J connectivity index is 1.60. The molecule has 1 atom stereocenters. The first-order valence-electron chi connectivity index (χ1n) is 6.64. The van der Waals surface area contributed by atoms with Gasteiger partial charge in [-0.25, -0.2) is 9.67 Å². The average molecular weight is 272 g/mol. The standard InChI is InChI=1S/C14H16N4O2/c19-14(16-7-11-5-6-20-8-11)12-1-3-13(4-2-12)18-10-15-9-17-18/h1-4,9-11H,5-8H2,(H,16,19). The molecule has 2 aromatic rings. The van der Waals surface area contributed by atoms with Crippen molar-refractivity contribution in [2.24, 2.45) is 5.92 Å². The number of carbonyl (C=O) groups is 1. The van der Waals surface area contributed by atoms with E-state index in [0.717, 1.165) is 25.3 Å². The van der Waals surface area contributed by atoms with Gasteiger partial charge in [-0.3, -0.25) is 4.79 Å². The van der Waals surface area contributed by atoms with Crippen LogP contribution in [0.25, 0.3) is 5.69 Å². The lowest BCUT2D eigenvalue weighted by molar-refractivity contribution is 0.0945. The Morgan fingerprint density at radius 2 is 2.25 bits per heavy atom. The second kappa shape index (κ2) is 5.83. The number of hydrogen-bond donors (Lipinski definition) is 1. The summed E-state index contributed by atoms with van der Waals surface area (Å²) in [4.78, 5) is 15.9. The second-order valence-corrected chi connectivity index (χ2v) is 4.83. The molecule has 1 aliphatic heterocycles. The summed E-state index contributed by atoms with van der Waals surface area (Å²) in [5.74, 6) is 0.385. The van der Waals surface area contributed by atoms with Crippen LogP contribution in [0.15, 0.2) is 36.9 Å². The Morgan fingerprint density at radius 3 is 2.90 bits per heavy atom. The summed E-state index contributed by atoms with van der Waals surface area (Å²) in [6.45, 7) is 2.21. The van der Waals surface area contributed by atoms with Crippen LogP contribution in [0, 0.1) is 5.92 Å². The smallest absolute Gasteiger partial charge is 0.251 e. The van der Waals surface area contributed by atoms with E-state index in [4.69, 9.17) is 4.74 Å². The number of nitrogens with one attached hydrogen (secondary N) is 1. The van der Waals surface area contributed by atoms with Gasteiger partial charge in [-0.1, -0.05) is 0 Å². The first-order chi connectivity index (χ1) is 9.83. The van der Waals surface area contributed by atoms with E-state index in [1.54, 1.807) is 23.1 Å². The second-order valence-electron chi connectivity index (χ2n) is 4.83. The first-order valence-corrected chi connectivity index (χ1v) is 6.64. The number of benzene rings is 1. The zero-order valence-electron chi connectivity index (χ0n) is 11.0. The highest BCUT2D eigenvalue weighted by atomic mass is 16.5. The SMILES string of the molecule is O=C(NCC1CCOC1)c1ccc(-n2cncn2)cc1. The van der Waals surface area contributed by atoms with Crippen molar-refractivity contribution < 1.29 is 9.53 Å². The van der Waals surface area contributed by atoms with Crippen molar-refractivity contribution in [1.29, 1.82) is 0 Å². The highest BCUT2D eigenvalue weighted by molar-refractivity contribution is 5.94. The van der Waals surface area contributed by atoms with Gasteiger partial charge in [-0.05, 0) is 30.7 Å². The van der Waals surface area contributed by atoms with Crippen LogP contribution in [0.3, 0.4) is 0 Å². The van der Waals surface area contributed by atoms with Gasteiger partial charge in [-0.15, -0.1) is 0 Å². The predicted molar refractivity (Wildman–Crippen MR) is 72.6 cm³/mol. The molecule has 6 heteroatoms. The van der Waals surface area contributed by atoms with E-state index in [2.05, 4.69) is 15.4 Å². The average Bonchev–Trinajstić information content (AvgIpc) is 3.18. The van der Waals surface area contributed by atoms with E-state index < -0.39 is 0 Å². The van der Waals surface area contributed by atoms with Crippen molar-refractivity contribution >= 4 is 5.91 Å². The lowest BCUT2D eigenvalue weighted by Crippen LogP contribution is -2.29. The van der Waals surface area contributed by atoms with Crippen LogP contribution in [0.4, 0.5) is 0 Å². The third-order valence-electron chi connectivity index (χ3n) is 3.39. The van der Waals surface area contributed by atoms with E-state index in [0.29, 0.717) is 18.0 Å². The number of carbonyl (C=O) groups excluding carboxylic acids is 1. The Kier molecular flexibility index (Phi) is 3.73. The van der Waals surface area contributed by atoms with Crippen molar-refractivity contribution in [2.75, 3.05) is 19.8 Å². The van der Waals surface area contributed by atoms with Crippen molar-refractivity contribution in [3.8, 4) is 5.69 Å². The summed E-state index contributed by atoms with van der Waals surface area (Å²) in [5.41, 5.74) is 1.52. The van der Waals surface area contributed by atoms with E-state index in [-0.39, 0.29) is 5.91 Å². The normalized spacial score (nSPS) is 18.1. The number of nitrogens with zero attached hydrogens (tertiary/aromatic N) is 3. The Labute approximate surface area is 116 Å². The Bertz CT molecular complexity index is 559. The molecule has 1 N–H and O–H groups in total. The molecule has 3 rings (SSSR count). The summed E-state index contributed by atoms with van der Waals surface area (Å²) >= 11 is 0. The number of hydrogen-bond acceptors (Lipinski definition) is 4. The van der Waals surface area contributed by atoms with Crippen LogP contribution in [0.1, 0.15) is 16.8 Å². The van der Waals surface area contributed by atoms with Crippen LogP contribution in [-0.2, 0) is 4.74 Å². The molecular formula is C14H16N4O2. The molecule has 0 bridgehead atoms. The van der Waals surface area contributed by atoms with Gasteiger partial charge >= 0.3 is 0 Å². The number of rotatable bonds is 4. The van der Waals surface area contributed by atoms with Crippen molar-refractivity contribution in [3.63, 3.8) is 0 Å². The Hall–Kier alpha value is -2.21. The van der Waals surface area contributed by atoms with Gasteiger partial charge in [0.15, 0.2) is 0 Å². The monoisotopic (exact) mass is 272 g/mol. The van der Waals surface area contributed by atoms with Crippen molar-refractivity contribution in [2.45, 2.75) is 6.42 Å². The first kappa shape index (κ1) is 12.8. The van der Waals surface area contributed by atoms with Crippen LogP contribution in [-0.4, -0.2) is 40.4 Å². The minimum absolute atomic E-state index is 0.0537. The molecule has 104 valence electrons. The number of amides is 1. The fraction of sp³-hybridized carbons (Fsp3) is 0.357. The van der Waals surface area contributed by atoms with E-state index in [1.807, 2.05) is 12.1 Å². The topological polar surface area (TPSA) is 69.0 Å². The van der Waals surface area contributed by atoms with Crippen LogP contribution in [0.2, 0.25) is 0 Å². The van der Waals surface area contributed by atoms with Gasteiger partial charge in [0.05, 0.1) is 12.3 Å². The molecule has 1 aliphatic rings. The van der Waals surface area contributed by atoms with E-state index in [1.165, 1.54) is 6.33 Å². The van der Waals surface area contributed by atoms with E-state index >= 15 is 0 Å². The molecule has 1 fully saturated rings. The summed E-state index contributed by atoms with van der Waals surface area (Å²) in [6, 6.07) is 7.28. The summed E-state index contributed by atoms with van der Waals surface area (Å²) in [7, 11) is 0. The van der Waals surface area contributed by atoms with Crippen molar-refractivity contribution in [3.05, 3.63) is 42.5 Å². The van der Waals surface area contributed by atoms with Crippen LogP contribution in [0.5, 0.6) is 0 Å². The molecule has 0 saturated carbocycles. The van der Waals surface area contributed by atoms with Gasteiger partial charge in [0.25, 0.3) is 5.91 Å². The molecule has 0 spiro atoms. The summed E-state index contributed by atoms with van der Waals surface area (Å²) in [6.07, 6.45) is 4.12. The molecule has 0 radical (unpaired) electrons. The molecule has 1 aromatic heterocycles. The fourth-order valence-electron chi connectivity index (χ4n) is 2.19. The fourth-order valence-corrected chi connectivity index (χ4v) is 2.19. The number of aromatic nitrogens is 3. The highest BCUT2D eigenvalue weighted by Crippen LogP contribution is 2.12. The molecule has 20 heavy (non-hydrogen) atoms. The van der Waals surface area contributed by atoms with Gasteiger partial charge in [-0.2, -0.15) is 5.10 Å². The third kappa shape index (κ3) is 2.85. The molecule has 1 saturated heterocycles. The maximum absolute atomic E-state index is 12.0. The van der Waals surface area contributed by atoms with E-state index in [9.17, 15) is 4.79 Å². The van der Waals surface area contributed by atoms with Crippen molar-refractivity contribution in [1.82, 2.24) is 20.1 Å². The quantitative estimate of drug-likeness (QED) is 0.902. The zero-order valence-corrected chi connectivity index (χ0v) is 11.0. The predicted octanol–water partition coefficient (Wildman–Crippen LogP) is 1.03.